The predicted octanol–water partition coefficient (Wildman–Crippen LogP) is 4.79. The molecular weight excluding hydrogens is 304 g/mol. The fourth-order valence-corrected chi connectivity index (χ4v) is 3.04. The summed E-state index contributed by atoms with van der Waals surface area (Å²) in [6.07, 6.45) is 1.99. The van der Waals surface area contributed by atoms with Gasteiger partial charge in [0.15, 0.2) is 11.5 Å². The zero-order chi connectivity index (χ0) is 14.2. The van der Waals surface area contributed by atoms with E-state index in [0.717, 1.165) is 28.7 Å². The van der Waals surface area contributed by atoms with Gasteiger partial charge in [-0.15, -0.1) is 0 Å². The molecule has 1 heterocycles. The number of nitrogens with zero attached hydrogens (tertiary/aromatic N) is 1. The molecule has 0 radical (unpaired) electrons. The molecule has 1 aromatic heterocycles. The molecule has 0 aliphatic carbocycles. The van der Waals surface area contributed by atoms with Crippen LogP contribution in [-0.4, -0.2) is 4.98 Å². The maximum absolute atomic E-state index is 5.94. The van der Waals surface area contributed by atoms with Crippen LogP contribution in [0.25, 0.3) is 11.1 Å². The summed E-state index contributed by atoms with van der Waals surface area (Å²) >= 11 is 3.42. The Balaban J connectivity index is 2.20. The molecule has 3 nitrogen and oxygen atoms in total. The molecule has 1 atom stereocenters. The largest absolute Gasteiger partial charge is 0.439 e. The molecule has 2 aromatic rings. The number of rotatable bonds is 3. The molecule has 0 saturated carbocycles. The molecule has 2 rings (SSSR count). The van der Waals surface area contributed by atoms with E-state index < -0.39 is 0 Å². The van der Waals surface area contributed by atoms with E-state index in [1.54, 1.807) is 0 Å². The maximum atomic E-state index is 5.94. The van der Waals surface area contributed by atoms with Crippen molar-refractivity contribution in [2.75, 3.05) is 5.73 Å². The number of hydrogen-bond donors (Lipinski definition) is 1. The quantitative estimate of drug-likeness (QED) is 0.826. The van der Waals surface area contributed by atoms with Crippen molar-refractivity contribution in [1.82, 2.24) is 4.98 Å². The molecule has 0 spiro atoms. The standard InChI is InChI=1S/C15H21BrN2O/c1-9(8-15(2,3)4)5-13-18-12-7-10(16)6-11(17)14(12)19-13/h6-7,9H,5,8,17H2,1-4H3. The third-order valence-corrected chi connectivity index (χ3v) is 3.47. The van der Waals surface area contributed by atoms with Crippen molar-refractivity contribution in [3.05, 3.63) is 22.5 Å². The van der Waals surface area contributed by atoms with Gasteiger partial charge in [0, 0.05) is 10.9 Å². The van der Waals surface area contributed by atoms with E-state index in [4.69, 9.17) is 10.2 Å². The monoisotopic (exact) mass is 324 g/mol. The third kappa shape index (κ3) is 3.72. The minimum atomic E-state index is 0.327. The molecule has 19 heavy (non-hydrogen) atoms. The first-order valence-electron chi connectivity index (χ1n) is 6.59. The van der Waals surface area contributed by atoms with Crippen LogP contribution in [0.4, 0.5) is 5.69 Å². The predicted molar refractivity (Wildman–Crippen MR) is 83.1 cm³/mol. The van der Waals surface area contributed by atoms with Crippen molar-refractivity contribution in [3.63, 3.8) is 0 Å². The highest BCUT2D eigenvalue weighted by molar-refractivity contribution is 9.10. The third-order valence-electron chi connectivity index (χ3n) is 3.01. The molecular formula is C15H21BrN2O. The zero-order valence-electron chi connectivity index (χ0n) is 12.0. The Kier molecular flexibility index (Phi) is 3.90. The van der Waals surface area contributed by atoms with Crippen LogP contribution in [-0.2, 0) is 6.42 Å². The summed E-state index contributed by atoms with van der Waals surface area (Å²) in [5, 5.41) is 0. The Hall–Kier alpha value is -1.03. The van der Waals surface area contributed by atoms with E-state index >= 15 is 0 Å². The van der Waals surface area contributed by atoms with Crippen LogP contribution in [0.2, 0.25) is 0 Å². The van der Waals surface area contributed by atoms with Crippen LogP contribution in [0.3, 0.4) is 0 Å². The van der Waals surface area contributed by atoms with Gasteiger partial charge in [-0.1, -0.05) is 43.6 Å². The van der Waals surface area contributed by atoms with Crippen LogP contribution >= 0.6 is 15.9 Å². The van der Waals surface area contributed by atoms with E-state index in [1.807, 2.05) is 12.1 Å². The zero-order valence-corrected chi connectivity index (χ0v) is 13.5. The van der Waals surface area contributed by atoms with Crippen molar-refractivity contribution in [3.8, 4) is 0 Å². The summed E-state index contributed by atoms with van der Waals surface area (Å²) in [4.78, 5) is 4.53. The van der Waals surface area contributed by atoms with Gasteiger partial charge in [0.05, 0.1) is 5.69 Å². The second kappa shape index (κ2) is 5.16. The van der Waals surface area contributed by atoms with Crippen molar-refractivity contribution in [2.45, 2.75) is 40.5 Å². The minimum absolute atomic E-state index is 0.327. The molecule has 0 fully saturated rings. The summed E-state index contributed by atoms with van der Waals surface area (Å²) in [6.45, 7) is 9.00. The highest BCUT2D eigenvalue weighted by atomic mass is 79.9. The van der Waals surface area contributed by atoms with Gasteiger partial charge < -0.3 is 10.2 Å². The highest BCUT2D eigenvalue weighted by Gasteiger charge is 2.18. The Labute approximate surface area is 122 Å². The van der Waals surface area contributed by atoms with Crippen LogP contribution < -0.4 is 5.73 Å². The Morgan fingerprint density at radius 1 is 1.37 bits per heavy atom. The second-order valence-corrected chi connectivity index (χ2v) is 7.44. The number of benzene rings is 1. The number of nitrogens with two attached hydrogens (primary N) is 1. The highest BCUT2D eigenvalue weighted by Crippen LogP contribution is 2.30. The van der Waals surface area contributed by atoms with E-state index in [-0.39, 0.29) is 0 Å². The van der Waals surface area contributed by atoms with Gasteiger partial charge >= 0.3 is 0 Å². The van der Waals surface area contributed by atoms with Crippen LogP contribution in [0.5, 0.6) is 0 Å². The first-order valence-corrected chi connectivity index (χ1v) is 7.38. The lowest BCUT2D eigenvalue weighted by atomic mass is 9.84. The van der Waals surface area contributed by atoms with Crippen LogP contribution in [0.1, 0.15) is 40.0 Å². The van der Waals surface area contributed by atoms with Crippen molar-refractivity contribution in [1.29, 1.82) is 0 Å². The molecule has 0 saturated heterocycles. The van der Waals surface area contributed by atoms with E-state index in [0.29, 0.717) is 22.6 Å². The molecule has 0 aliphatic heterocycles. The number of fused-ring (bicyclic) bond motifs is 1. The number of nitrogen functional groups attached to an aromatic ring is 1. The molecule has 0 bridgehead atoms. The average molecular weight is 325 g/mol. The molecule has 4 heteroatoms. The number of anilines is 1. The second-order valence-electron chi connectivity index (χ2n) is 6.52. The number of halogens is 1. The van der Waals surface area contributed by atoms with Crippen molar-refractivity contribution >= 4 is 32.7 Å². The average Bonchev–Trinajstić information content (AvgIpc) is 2.56. The van der Waals surface area contributed by atoms with Gasteiger partial charge in [-0.05, 0) is 29.9 Å². The molecule has 1 unspecified atom stereocenters. The fraction of sp³-hybridized carbons (Fsp3) is 0.533. The lowest BCUT2D eigenvalue weighted by Gasteiger charge is -2.22. The molecule has 104 valence electrons. The van der Waals surface area contributed by atoms with E-state index in [9.17, 15) is 0 Å². The minimum Gasteiger partial charge on any atom is -0.439 e. The lowest BCUT2D eigenvalue weighted by molar-refractivity contribution is 0.295. The van der Waals surface area contributed by atoms with Gasteiger partial charge in [0.2, 0.25) is 0 Å². The Bertz CT molecular complexity index is 584. The lowest BCUT2D eigenvalue weighted by Crippen LogP contribution is -2.12. The summed E-state index contributed by atoms with van der Waals surface area (Å²) in [5.41, 5.74) is 8.42. The SMILES string of the molecule is CC(Cc1nc2cc(Br)cc(N)c2o1)CC(C)(C)C. The summed E-state index contributed by atoms with van der Waals surface area (Å²) in [5.74, 6) is 1.31. The van der Waals surface area contributed by atoms with Crippen LogP contribution in [0.15, 0.2) is 21.0 Å². The topological polar surface area (TPSA) is 52.0 Å². The van der Waals surface area contributed by atoms with Gasteiger partial charge in [0.25, 0.3) is 0 Å². The van der Waals surface area contributed by atoms with Crippen molar-refractivity contribution < 1.29 is 4.42 Å². The molecule has 1 aromatic carbocycles. The normalized spacial score (nSPS) is 13.9. The van der Waals surface area contributed by atoms with Crippen LogP contribution in [0, 0.1) is 11.3 Å². The summed E-state index contributed by atoms with van der Waals surface area (Å²) in [6, 6.07) is 3.78. The van der Waals surface area contributed by atoms with Crippen molar-refractivity contribution in [2.24, 2.45) is 11.3 Å². The van der Waals surface area contributed by atoms with E-state index in [1.165, 1.54) is 0 Å². The number of hydrogen-bond acceptors (Lipinski definition) is 3. The van der Waals surface area contributed by atoms with Gasteiger partial charge in [0.1, 0.15) is 5.52 Å². The molecule has 2 N–H and O–H groups in total. The number of aromatic nitrogens is 1. The Morgan fingerprint density at radius 2 is 2.05 bits per heavy atom. The Morgan fingerprint density at radius 3 is 2.68 bits per heavy atom. The fourth-order valence-electron chi connectivity index (χ4n) is 2.57. The van der Waals surface area contributed by atoms with E-state index in [2.05, 4.69) is 48.6 Å². The summed E-state index contributed by atoms with van der Waals surface area (Å²) in [7, 11) is 0. The first-order chi connectivity index (χ1) is 8.74. The summed E-state index contributed by atoms with van der Waals surface area (Å²) < 4.78 is 6.71. The van der Waals surface area contributed by atoms with Gasteiger partial charge in [-0.25, -0.2) is 4.98 Å². The van der Waals surface area contributed by atoms with Gasteiger partial charge in [-0.2, -0.15) is 0 Å². The smallest absolute Gasteiger partial charge is 0.195 e. The maximum Gasteiger partial charge on any atom is 0.195 e. The molecule has 0 aliphatic rings. The molecule has 0 amide bonds. The first kappa shape index (κ1) is 14.4. The number of oxazole rings is 1. The van der Waals surface area contributed by atoms with Gasteiger partial charge in [-0.3, -0.25) is 0 Å².